The van der Waals surface area contributed by atoms with E-state index in [9.17, 15) is 14.4 Å². The first-order valence-corrected chi connectivity index (χ1v) is 12.0. The number of hydrogen-bond acceptors (Lipinski definition) is 7. The number of fused-ring (bicyclic) bond motifs is 1. The third-order valence-corrected chi connectivity index (χ3v) is 6.96. The van der Waals surface area contributed by atoms with Crippen molar-refractivity contribution in [2.45, 2.75) is 32.7 Å². The molecule has 1 aromatic heterocycles. The van der Waals surface area contributed by atoms with E-state index >= 15 is 0 Å². The van der Waals surface area contributed by atoms with Crippen molar-refractivity contribution in [2.24, 2.45) is 4.99 Å². The summed E-state index contributed by atoms with van der Waals surface area (Å²) in [4.78, 5) is 43.1. The first kappa shape index (κ1) is 24.3. The molecular formula is C27H26N2O5S. The molecule has 1 aliphatic rings. The smallest absolute Gasteiger partial charge is 0.338 e. The zero-order valence-corrected chi connectivity index (χ0v) is 21.0. The molecule has 35 heavy (non-hydrogen) atoms. The van der Waals surface area contributed by atoms with Crippen LogP contribution in [-0.2, 0) is 14.3 Å². The minimum absolute atomic E-state index is 0.252. The molecule has 3 aromatic rings. The lowest BCUT2D eigenvalue weighted by molar-refractivity contribution is -0.136. The number of carbonyl (C=O) groups excluding carboxylic acids is 2. The monoisotopic (exact) mass is 490 g/mol. The highest BCUT2D eigenvalue weighted by Gasteiger charge is 2.33. The third-order valence-electron chi connectivity index (χ3n) is 5.98. The Balaban J connectivity index is 1.87. The second-order valence-electron chi connectivity index (χ2n) is 8.51. The maximum atomic E-state index is 13.6. The van der Waals surface area contributed by atoms with E-state index in [4.69, 9.17) is 9.47 Å². The van der Waals surface area contributed by atoms with Gasteiger partial charge in [0.15, 0.2) is 4.80 Å². The fraction of sp³-hybridized carbons (Fsp3) is 0.259. The van der Waals surface area contributed by atoms with Crippen LogP contribution in [0.5, 0.6) is 0 Å². The Bertz CT molecular complexity index is 1490. The highest BCUT2D eigenvalue weighted by Crippen LogP contribution is 2.31. The van der Waals surface area contributed by atoms with Crippen molar-refractivity contribution < 1.29 is 19.1 Å². The number of esters is 2. The van der Waals surface area contributed by atoms with Crippen molar-refractivity contribution in [1.29, 1.82) is 0 Å². The molecule has 4 rings (SSSR count). The zero-order valence-electron chi connectivity index (χ0n) is 20.2. The average Bonchev–Trinajstić information content (AvgIpc) is 3.16. The molecule has 0 radical (unpaired) electrons. The summed E-state index contributed by atoms with van der Waals surface area (Å²) in [5.41, 5.74) is 3.75. The summed E-state index contributed by atoms with van der Waals surface area (Å²) in [7, 11) is 2.65. The number of thiazole rings is 1. The molecule has 0 bridgehead atoms. The highest BCUT2D eigenvalue weighted by molar-refractivity contribution is 7.07. The molecule has 0 spiro atoms. The number of benzene rings is 2. The van der Waals surface area contributed by atoms with Crippen LogP contribution in [0.3, 0.4) is 0 Å². The van der Waals surface area contributed by atoms with E-state index in [0.29, 0.717) is 32.1 Å². The summed E-state index contributed by atoms with van der Waals surface area (Å²) in [5.74, 6) is -0.587. The molecule has 2 aromatic carbocycles. The van der Waals surface area contributed by atoms with Crippen LogP contribution in [0.4, 0.5) is 0 Å². The van der Waals surface area contributed by atoms with Crippen LogP contribution in [0.2, 0.25) is 0 Å². The summed E-state index contributed by atoms with van der Waals surface area (Å²) in [6.45, 7) is 5.98. The number of rotatable bonds is 5. The predicted molar refractivity (Wildman–Crippen MR) is 134 cm³/mol. The summed E-state index contributed by atoms with van der Waals surface area (Å²) < 4.78 is 11.8. The Kier molecular flexibility index (Phi) is 6.84. The fourth-order valence-corrected chi connectivity index (χ4v) is 5.10. The van der Waals surface area contributed by atoms with Crippen LogP contribution < -0.4 is 14.9 Å². The van der Waals surface area contributed by atoms with Crippen LogP contribution in [0.25, 0.3) is 6.08 Å². The van der Waals surface area contributed by atoms with Crippen LogP contribution in [0, 0.1) is 0 Å². The predicted octanol–water partition coefficient (Wildman–Crippen LogP) is 3.32. The molecule has 1 unspecified atom stereocenters. The van der Waals surface area contributed by atoms with Gasteiger partial charge in [0.25, 0.3) is 5.56 Å². The minimum atomic E-state index is -0.649. The first-order chi connectivity index (χ1) is 16.7. The van der Waals surface area contributed by atoms with E-state index in [1.165, 1.54) is 25.6 Å². The Morgan fingerprint density at radius 3 is 2.20 bits per heavy atom. The fourth-order valence-electron chi connectivity index (χ4n) is 4.06. The van der Waals surface area contributed by atoms with Gasteiger partial charge in [-0.1, -0.05) is 61.6 Å². The first-order valence-electron chi connectivity index (χ1n) is 11.1. The third kappa shape index (κ3) is 4.61. The van der Waals surface area contributed by atoms with E-state index in [1.807, 2.05) is 24.3 Å². The number of hydrogen-bond donors (Lipinski definition) is 0. The van der Waals surface area contributed by atoms with Crippen molar-refractivity contribution in [2.75, 3.05) is 14.2 Å². The average molecular weight is 491 g/mol. The van der Waals surface area contributed by atoms with Gasteiger partial charge in [0, 0.05) is 0 Å². The number of nitrogens with zero attached hydrogens (tertiary/aromatic N) is 2. The molecule has 7 nitrogen and oxygen atoms in total. The van der Waals surface area contributed by atoms with Crippen molar-refractivity contribution in [3.8, 4) is 0 Å². The van der Waals surface area contributed by atoms with E-state index in [-0.39, 0.29) is 5.56 Å². The van der Waals surface area contributed by atoms with Gasteiger partial charge in [-0.15, -0.1) is 0 Å². The standard InChI is InChI=1S/C27H26N2O5S/c1-15(2)18-10-12-19(13-11-18)23-22(26(32)34-5)16(3)28-27-29(23)24(30)21(35-27)14-17-6-8-20(9-7-17)25(31)33-4/h6-15,23H,1-5H3/b21-14+. The van der Waals surface area contributed by atoms with Gasteiger partial charge in [-0.25, -0.2) is 14.6 Å². The quantitative estimate of drug-likeness (QED) is 0.512. The number of ether oxygens (including phenoxy) is 2. The maximum Gasteiger partial charge on any atom is 0.338 e. The van der Waals surface area contributed by atoms with Gasteiger partial charge >= 0.3 is 11.9 Å². The number of methoxy groups -OCH3 is 2. The van der Waals surface area contributed by atoms with Crippen LogP contribution in [0.1, 0.15) is 59.8 Å². The lowest BCUT2D eigenvalue weighted by atomic mass is 9.93. The maximum absolute atomic E-state index is 13.6. The van der Waals surface area contributed by atoms with Crippen molar-refractivity contribution >= 4 is 29.4 Å². The molecule has 180 valence electrons. The minimum Gasteiger partial charge on any atom is -0.466 e. The topological polar surface area (TPSA) is 87.0 Å². The summed E-state index contributed by atoms with van der Waals surface area (Å²) in [6.07, 6.45) is 1.75. The number of allylic oxidation sites excluding steroid dienone is 1. The number of aromatic nitrogens is 1. The van der Waals surface area contributed by atoms with Crippen LogP contribution in [-0.4, -0.2) is 30.7 Å². The Labute approximate surface area is 206 Å². The van der Waals surface area contributed by atoms with E-state index < -0.39 is 18.0 Å². The Morgan fingerprint density at radius 1 is 1.00 bits per heavy atom. The molecule has 1 aliphatic heterocycles. The molecule has 1 atom stereocenters. The largest absolute Gasteiger partial charge is 0.466 e. The van der Waals surface area contributed by atoms with E-state index in [2.05, 4.69) is 18.8 Å². The molecule has 2 heterocycles. The normalized spacial score (nSPS) is 15.6. The van der Waals surface area contributed by atoms with Gasteiger partial charge in [0.1, 0.15) is 0 Å². The van der Waals surface area contributed by atoms with E-state index in [1.54, 1.807) is 41.8 Å². The van der Waals surface area contributed by atoms with Crippen LogP contribution >= 0.6 is 11.3 Å². The van der Waals surface area contributed by atoms with Gasteiger partial charge in [0.05, 0.1) is 41.6 Å². The lowest BCUT2D eigenvalue weighted by Crippen LogP contribution is -2.39. The van der Waals surface area contributed by atoms with E-state index in [0.717, 1.165) is 16.7 Å². The van der Waals surface area contributed by atoms with Crippen LogP contribution in [0.15, 0.2) is 69.6 Å². The zero-order chi connectivity index (χ0) is 25.3. The van der Waals surface area contributed by atoms with Gasteiger partial charge in [0.2, 0.25) is 0 Å². The molecule has 0 saturated heterocycles. The number of carbonyl (C=O) groups is 2. The van der Waals surface area contributed by atoms with Crippen molar-refractivity contribution in [3.05, 3.63) is 102 Å². The molecule has 0 aliphatic carbocycles. The summed E-state index contributed by atoms with van der Waals surface area (Å²) in [5, 5.41) is 0. The summed E-state index contributed by atoms with van der Waals surface area (Å²) in [6, 6.07) is 14.1. The molecule has 0 saturated carbocycles. The second-order valence-corrected chi connectivity index (χ2v) is 9.52. The Morgan fingerprint density at radius 2 is 1.63 bits per heavy atom. The lowest BCUT2D eigenvalue weighted by Gasteiger charge is -2.24. The summed E-state index contributed by atoms with van der Waals surface area (Å²) >= 11 is 1.25. The molecular weight excluding hydrogens is 464 g/mol. The van der Waals surface area contributed by atoms with Gasteiger partial charge in [-0.05, 0) is 47.7 Å². The van der Waals surface area contributed by atoms with Gasteiger partial charge in [-0.3, -0.25) is 9.36 Å². The molecule has 0 amide bonds. The molecule has 8 heteroatoms. The highest BCUT2D eigenvalue weighted by atomic mass is 32.1. The van der Waals surface area contributed by atoms with Gasteiger partial charge in [-0.2, -0.15) is 0 Å². The van der Waals surface area contributed by atoms with Crippen molar-refractivity contribution in [1.82, 2.24) is 4.57 Å². The second kappa shape index (κ2) is 9.84. The molecule has 0 fully saturated rings. The molecule has 0 N–H and O–H groups in total. The Hall–Kier alpha value is -3.78. The SMILES string of the molecule is COC(=O)C1=C(C)N=c2s/c(=C/c3ccc(C(=O)OC)cc3)c(=O)n2C1c1ccc(C(C)C)cc1. The van der Waals surface area contributed by atoms with Crippen molar-refractivity contribution in [3.63, 3.8) is 0 Å². The van der Waals surface area contributed by atoms with Gasteiger partial charge < -0.3 is 9.47 Å².